The molecule has 7 nitrogen and oxygen atoms in total. The predicted octanol–water partition coefficient (Wildman–Crippen LogP) is 2.48. The van der Waals surface area contributed by atoms with E-state index in [1.807, 2.05) is 6.07 Å². The zero-order valence-electron chi connectivity index (χ0n) is 15.1. The Morgan fingerprint density at radius 2 is 2.07 bits per heavy atom. The Morgan fingerprint density at radius 3 is 2.61 bits per heavy atom. The number of hydrogen-bond acceptors (Lipinski definition) is 4. The lowest BCUT2D eigenvalue weighted by atomic mass is 10.1. The maximum absolute atomic E-state index is 12.6. The Balaban J connectivity index is 0.00000392. The predicted molar refractivity (Wildman–Crippen MR) is 111 cm³/mol. The molecule has 2 heterocycles. The van der Waals surface area contributed by atoms with Crippen molar-refractivity contribution in [1.82, 2.24) is 14.9 Å². The van der Waals surface area contributed by atoms with Crippen LogP contribution in [0.4, 0.5) is 13.2 Å². The minimum Gasteiger partial charge on any atom is -0.469 e. The van der Waals surface area contributed by atoms with Crippen LogP contribution in [-0.2, 0) is 16.4 Å². The van der Waals surface area contributed by atoms with Crippen molar-refractivity contribution in [2.75, 3.05) is 26.2 Å². The average molecular weight is 536 g/mol. The number of alkyl halides is 3. The fourth-order valence-electron chi connectivity index (χ4n) is 2.63. The second-order valence-corrected chi connectivity index (χ2v) is 7.93. The molecule has 160 valence electrons. The van der Waals surface area contributed by atoms with Crippen molar-refractivity contribution in [3.63, 3.8) is 0 Å². The van der Waals surface area contributed by atoms with Crippen LogP contribution in [0.2, 0.25) is 0 Å². The Labute approximate surface area is 179 Å². The van der Waals surface area contributed by atoms with Crippen molar-refractivity contribution >= 4 is 40.0 Å². The van der Waals surface area contributed by atoms with Gasteiger partial charge in [-0.3, -0.25) is 4.99 Å². The number of guanidine groups is 1. The Kier molecular flexibility index (Phi) is 9.77. The average Bonchev–Trinajstić information content (AvgIpc) is 3.12. The first kappa shape index (κ1) is 24.8. The molecule has 0 radical (unpaired) electrons. The lowest BCUT2D eigenvalue weighted by Gasteiger charge is -2.32. The van der Waals surface area contributed by atoms with Gasteiger partial charge in [0.25, 0.3) is 0 Å². The molecule has 0 aromatic carbocycles. The van der Waals surface area contributed by atoms with Crippen LogP contribution in [0.1, 0.15) is 18.6 Å². The van der Waals surface area contributed by atoms with E-state index in [2.05, 4.69) is 22.2 Å². The number of rotatable bonds is 7. The molecule has 1 saturated heterocycles. The van der Waals surface area contributed by atoms with Crippen LogP contribution < -0.4 is 10.6 Å². The summed E-state index contributed by atoms with van der Waals surface area (Å²) in [6.07, 6.45) is 4.35. The first-order valence-electron chi connectivity index (χ1n) is 8.48. The van der Waals surface area contributed by atoms with E-state index in [4.69, 9.17) is 4.42 Å². The van der Waals surface area contributed by atoms with Crippen LogP contribution in [0.3, 0.4) is 0 Å². The van der Waals surface area contributed by atoms with Crippen molar-refractivity contribution in [3.8, 4) is 0 Å². The van der Waals surface area contributed by atoms with Gasteiger partial charge in [-0.05, 0) is 25.0 Å². The van der Waals surface area contributed by atoms with Gasteiger partial charge < -0.3 is 15.1 Å². The van der Waals surface area contributed by atoms with Gasteiger partial charge in [0.05, 0.1) is 6.26 Å². The molecular weight excluding hydrogens is 512 g/mol. The smallest absolute Gasteiger partial charge is 0.469 e. The van der Waals surface area contributed by atoms with E-state index in [-0.39, 0.29) is 55.9 Å². The zero-order chi connectivity index (χ0) is 19.9. The second kappa shape index (κ2) is 11.0. The zero-order valence-corrected chi connectivity index (χ0v) is 18.3. The van der Waals surface area contributed by atoms with E-state index < -0.39 is 15.5 Å². The number of halogens is 4. The molecule has 12 heteroatoms. The maximum Gasteiger partial charge on any atom is 0.511 e. The van der Waals surface area contributed by atoms with Crippen molar-refractivity contribution < 1.29 is 26.0 Å². The molecule has 0 bridgehead atoms. The molecule has 0 saturated carbocycles. The lowest BCUT2D eigenvalue weighted by molar-refractivity contribution is -0.0494. The highest BCUT2D eigenvalue weighted by molar-refractivity contribution is 14.0. The molecule has 1 aromatic rings. The van der Waals surface area contributed by atoms with Crippen LogP contribution in [0.5, 0.6) is 0 Å². The van der Waals surface area contributed by atoms with Gasteiger partial charge in [0.2, 0.25) is 0 Å². The van der Waals surface area contributed by atoms with Crippen molar-refractivity contribution in [2.45, 2.75) is 30.8 Å². The van der Waals surface area contributed by atoms with Gasteiger partial charge in [0, 0.05) is 38.6 Å². The van der Waals surface area contributed by atoms with Crippen molar-refractivity contribution in [3.05, 3.63) is 36.8 Å². The summed E-state index contributed by atoms with van der Waals surface area (Å²) in [5.41, 5.74) is -5.27. The van der Waals surface area contributed by atoms with Crippen LogP contribution in [0.15, 0.2) is 40.5 Å². The maximum atomic E-state index is 12.6. The van der Waals surface area contributed by atoms with Crippen LogP contribution >= 0.6 is 24.0 Å². The molecule has 1 aromatic heterocycles. The van der Waals surface area contributed by atoms with Crippen LogP contribution in [0.25, 0.3) is 0 Å². The third-order valence-electron chi connectivity index (χ3n) is 4.05. The minimum absolute atomic E-state index is 0. The van der Waals surface area contributed by atoms with Gasteiger partial charge in [-0.15, -0.1) is 30.6 Å². The number of nitrogens with one attached hydrogen (secondary N) is 2. The molecule has 2 rings (SSSR count). The summed E-state index contributed by atoms with van der Waals surface area (Å²) in [6.45, 7) is 4.16. The third-order valence-corrected chi connectivity index (χ3v) is 5.68. The van der Waals surface area contributed by atoms with Gasteiger partial charge in [0.1, 0.15) is 5.76 Å². The third kappa shape index (κ3) is 6.95. The Bertz CT molecular complexity index is 731. The summed E-state index contributed by atoms with van der Waals surface area (Å²) in [6, 6.07) is 3.46. The molecule has 1 aliphatic heterocycles. The fourth-order valence-corrected chi connectivity index (χ4v) is 3.62. The van der Waals surface area contributed by atoms with E-state index in [9.17, 15) is 21.6 Å². The Morgan fingerprint density at radius 1 is 1.39 bits per heavy atom. The molecule has 0 unspecified atom stereocenters. The standard InChI is InChI=1S/C16H23F3N4O3S.HI/c1-2-8-20-15(21-9-5-14-4-3-12-26-14)22-13-6-10-23(11-7-13)27(24,25)16(17,18)19;/h2-4,12-13H,1,5-11H2,(H2,20,21,22);1H. The highest BCUT2D eigenvalue weighted by Crippen LogP contribution is 2.28. The van der Waals surface area contributed by atoms with E-state index in [0.29, 0.717) is 29.8 Å². The van der Waals surface area contributed by atoms with E-state index in [0.717, 1.165) is 5.76 Å². The monoisotopic (exact) mass is 536 g/mol. The van der Waals surface area contributed by atoms with Gasteiger partial charge in [-0.25, -0.2) is 8.42 Å². The molecule has 0 atom stereocenters. The fraction of sp³-hybridized carbons (Fsp3) is 0.562. The lowest BCUT2D eigenvalue weighted by Crippen LogP contribution is -2.51. The molecule has 0 amide bonds. The summed E-state index contributed by atoms with van der Waals surface area (Å²) in [7, 11) is -5.27. The largest absolute Gasteiger partial charge is 0.511 e. The summed E-state index contributed by atoms with van der Waals surface area (Å²) < 4.78 is 66.5. The number of hydrogen-bond donors (Lipinski definition) is 2. The van der Waals surface area contributed by atoms with E-state index >= 15 is 0 Å². The second-order valence-electron chi connectivity index (χ2n) is 6.00. The van der Waals surface area contributed by atoms with Gasteiger partial charge in [0.15, 0.2) is 5.96 Å². The van der Waals surface area contributed by atoms with Crippen LogP contribution in [0, 0.1) is 0 Å². The van der Waals surface area contributed by atoms with E-state index in [1.165, 1.54) is 0 Å². The van der Waals surface area contributed by atoms with E-state index in [1.54, 1.807) is 18.4 Å². The molecule has 2 N–H and O–H groups in total. The molecule has 1 aliphatic rings. The SMILES string of the molecule is C=CCNC(=NCCc1ccco1)NC1CCN(S(=O)(=O)C(F)(F)F)CC1.I. The first-order chi connectivity index (χ1) is 12.7. The van der Waals surface area contributed by atoms with Crippen LogP contribution in [-0.4, -0.2) is 56.4 Å². The normalized spacial score (nSPS) is 17.0. The number of piperidine rings is 1. The molecule has 1 fully saturated rings. The molecular formula is C16H24F3IN4O3S. The summed E-state index contributed by atoms with van der Waals surface area (Å²) in [4.78, 5) is 4.41. The number of nitrogens with zero attached hydrogens (tertiary/aromatic N) is 2. The molecule has 0 aliphatic carbocycles. The Hall–Kier alpha value is -1.28. The summed E-state index contributed by atoms with van der Waals surface area (Å²) in [5, 5.41) is 6.18. The summed E-state index contributed by atoms with van der Waals surface area (Å²) >= 11 is 0. The first-order valence-corrected chi connectivity index (χ1v) is 9.92. The number of aliphatic imine (C=N–C) groups is 1. The highest BCUT2D eigenvalue weighted by atomic mass is 127. The molecule has 28 heavy (non-hydrogen) atoms. The van der Waals surface area contributed by atoms with Gasteiger partial charge >= 0.3 is 15.5 Å². The summed E-state index contributed by atoms with van der Waals surface area (Å²) in [5.74, 6) is 1.30. The van der Waals surface area contributed by atoms with Gasteiger partial charge in [-0.1, -0.05) is 6.08 Å². The van der Waals surface area contributed by atoms with Crippen molar-refractivity contribution in [2.24, 2.45) is 4.99 Å². The van der Waals surface area contributed by atoms with Crippen molar-refractivity contribution in [1.29, 1.82) is 0 Å². The van der Waals surface area contributed by atoms with Gasteiger partial charge in [-0.2, -0.15) is 17.5 Å². The number of sulfonamides is 1. The number of furan rings is 1. The quantitative estimate of drug-likeness (QED) is 0.242. The highest BCUT2D eigenvalue weighted by Gasteiger charge is 2.50. The molecule has 0 spiro atoms. The topological polar surface area (TPSA) is 86.9 Å². The minimum atomic E-state index is -5.27.